The fourth-order valence-electron chi connectivity index (χ4n) is 3.05. The van der Waals surface area contributed by atoms with Crippen LogP contribution in [-0.4, -0.2) is 27.9 Å². The van der Waals surface area contributed by atoms with Gasteiger partial charge in [0.2, 0.25) is 0 Å². The summed E-state index contributed by atoms with van der Waals surface area (Å²) in [5, 5.41) is 10.6. The molecule has 1 unspecified atom stereocenters. The Bertz CT molecular complexity index is 936. The Labute approximate surface area is 151 Å². The molecule has 1 heterocycles. The van der Waals surface area contributed by atoms with Crippen molar-refractivity contribution in [2.45, 2.75) is 24.7 Å². The highest BCUT2D eigenvalue weighted by Gasteiger charge is 2.18. The van der Waals surface area contributed by atoms with Gasteiger partial charge in [0.1, 0.15) is 11.8 Å². The second kappa shape index (κ2) is 6.93. The van der Waals surface area contributed by atoms with Gasteiger partial charge in [-0.05, 0) is 41.3 Å². The van der Waals surface area contributed by atoms with Crippen LogP contribution in [-0.2, 0) is 11.4 Å². The van der Waals surface area contributed by atoms with E-state index in [1.54, 1.807) is 18.4 Å². The van der Waals surface area contributed by atoms with E-state index in [1.807, 2.05) is 36.4 Å². The molecule has 0 aliphatic rings. The van der Waals surface area contributed by atoms with Crippen LogP contribution < -0.4 is 0 Å². The number of nitrogens with one attached hydrogen (secondary N) is 1. The lowest BCUT2D eigenvalue weighted by Crippen LogP contribution is -2.22. The van der Waals surface area contributed by atoms with Gasteiger partial charge in [-0.3, -0.25) is 0 Å². The van der Waals surface area contributed by atoms with Crippen molar-refractivity contribution in [1.82, 2.24) is 9.29 Å². The lowest BCUT2D eigenvalue weighted by molar-refractivity contribution is 0.520. The van der Waals surface area contributed by atoms with Crippen LogP contribution in [0, 0.1) is 11.3 Å². The van der Waals surface area contributed by atoms with Crippen molar-refractivity contribution >= 4 is 22.3 Å². The number of hydrogen-bond acceptors (Lipinski definition) is 3. The molecule has 0 amide bonds. The number of para-hydroxylation sites is 1. The SMILES string of the molecule is CC(C)c1cccc2c(-c3ccc([S+]([O-])N(C)C)cc3)c(C#N)[nH]c12. The zero-order valence-corrected chi connectivity index (χ0v) is 15.6. The van der Waals surface area contributed by atoms with Gasteiger partial charge in [-0.1, -0.05) is 32.0 Å². The number of rotatable bonds is 4. The summed E-state index contributed by atoms with van der Waals surface area (Å²) in [6.07, 6.45) is 0. The number of aromatic amines is 1. The number of fused-ring (bicyclic) bond motifs is 1. The third-order valence-corrected chi connectivity index (χ3v) is 5.61. The molecule has 4 nitrogen and oxygen atoms in total. The zero-order chi connectivity index (χ0) is 18.1. The maximum absolute atomic E-state index is 12.2. The Kier molecular flexibility index (Phi) is 4.87. The molecule has 0 saturated heterocycles. The highest BCUT2D eigenvalue weighted by molar-refractivity contribution is 7.89. The van der Waals surface area contributed by atoms with Crippen molar-refractivity contribution in [3.8, 4) is 17.2 Å². The van der Waals surface area contributed by atoms with Gasteiger partial charge in [0.15, 0.2) is 4.90 Å². The third-order valence-electron chi connectivity index (χ3n) is 4.28. The summed E-state index contributed by atoms with van der Waals surface area (Å²) in [6, 6.07) is 16.0. The number of nitriles is 1. The monoisotopic (exact) mass is 351 g/mol. The fraction of sp³-hybridized carbons (Fsp3) is 0.250. The molecule has 1 atom stereocenters. The van der Waals surface area contributed by atoms with Crippen molar-refractivity contribution < 1.29 is 4.55 Å². The van der Waals surface area contributed by atoms with Crippen molar-refractivity contribution in [2.75, 3.05) is 14.1 Å². The van der Waals surface area contributed by atoms with Gasteiger partial charge in [0, 0.05) is 25.0 Å². The highest BCUT2D eigenvalue weighted by Crippen LogP contribution is 2.36. The molecule has 3 rings (SSSR count). The Balaban J connectivity index is 2.16. The largest absolute Gasteiger partial charge is 0.593 e. The molecule has 128 valence electrons. The van der Waals surface area contributed by atoms with Crippen LogP contribution >= 0.6 is 0 Å². The molecular formula is C20H21N3OS. The Morgan fingerprint density at radius 1 is 1.12 bits per heavy atom. The van der Waals surface area contributed by atoms with Crippen molar-refractivity contribution in [3.63, 3.8) is 0 Å². The topological polar surface area (TPSA) is 65.9 Å². The maximum Gasteiger partial charge on any atom is 0.174 e. The summed E-state index contributed by atoms with van der Waals surface area (Å²) in [5.41, 5.74) is 4.63. The summed E-state index contributed by atoms with van der Waals surface area (Å²) in [4.78, 5) is 4.03. The minimum Gasteiger partial charge on any atom is -0.593 e. The molecule has 2 aromatic carbocycles. The second-order valence-corrected chi connectivity index (χ2v) is 8.20. The van der Waals surface area contributed by atoms with Crippen LogP contribution in [0.2, 0.25) is 0 Å². The van der Waals surface area contributed by atoms with Crippen LogP contribution in [0.15, 0.2) is 47.4 Å². The smallest absolute Gasteiger partial charge is 0.174 e. The molecule has 5 heteroatoms. The van der Waals surface area contributed by atoms with E-state index in [0.717, 1.165) is 26.9 Å². The first-order valence-electron chi connectivity index (χ1n) is 8.18. The van der Waals surface area contributed by atoms with E-state index in [0.29, 0.717) is 11.6 Å². The molecule has 0 saturated carbocycles. The maximum atomic E-state index is 12.2. The van der Waals surface area contributed by atoms with E-state index in [1.165, 1.54) is 5.56 Å². The number of benzene rings is 2. The quantitative estimate of drug-likeness (QED) is 0.708. The van der Waals surface area contributed by atoms with Gasteiger partial charge >= 0.3 is 0 Å². The first-order valence-corrected chi connectivity index (χ1v) is 9.29. The average molecular weight is 351 g/mol. The molecule has 0 bridgehead atoms. The highest BCUT2D eigenvalue weighted by atomic mass is 32.2. The average Bonchev–Trinajstić information content (AvgIpc) is 2.99. The lowest BCUT2D eigenvalue weighted by atomic mass is 9.97. The van der Waals surface area contributed by atoms with E-state index in [4.69, 9.17) is 0 Å². The Hall–Kier alpha value is -2.26. The van der Waals surface area contributed by atoms with Crippen LogP contribution in [0.3, 0.4) is 0 Å². The lowest BCUT2D eigenvalue weighted by Gasteiger charge is -2.15. The van der Waals surface area contributed by atoms with Gasteiger partial charge in [0.05, 0.1) is 16.9 Å². The second-order valence-electron chi connectivity index (χ2n) is 6.50. The first-order chi connectivity index (χ1) is 11.9. The standard InChI is InChI=1S/C20H21N3OS/c1-13(2)16-6-5-7-17-19(18(12-21)22-20(16)17)14-8-10-15(11-9-14)25(24)23(3)4/h5-11,13,22H,1-4H3. The van der Waals surface area contributed by atoms with E-state index >= 15 is 0 Å². The summed E-state index contributed by atoms with van der Waals surface area (Å²) in [6.45, 7) is 4.29. The molecule has 25 heavy (non-hydrogen) atoms. The number of H-pyrrole nitrogens is 1. The number of nitrogens with zero attached hydrogens (tertiary/aromatic N) is 2. The van der Waals surface area contributed by atoms with Crippen LogP contribution in [0.4, 0.5) is 0 Å². The van der Waals surface area contributed by atoms with E-state index in [2.05, 4.69) is 31.0 Å². The molecule has 3 aromatic rings. The Morgan fingerprint density at radius 2 is 1.80 bits per heavy atom. The number of aromatic nitrogens is 1. The Morgan fingerprint density at radius 3 is 2.36 bits per heavy atom. The molecule has 0 fully saturated rings. The molecule has 0 spiro atoms. The van der Waals surface area contributed by atoms with Gasteiger partial charge in [0.25, 0.3) is 0 Å². The van der Waals surface area contributed by atoms with Gasteiger partial charge in [-0.2, -0.15) is 5.26 Å². The van der Waals surface area contributed by atoms with Crippen LogP contribution in [0.5, 0.6) is 0 Å². The molecule has 0 aliphatic heterocycles. The number of hydrogen-bond donors (Lipinski definition) is 1. The van der Waals surface area contributed by atoms with Crippen LogP contribution in [0.1, 0.15) is 31.0 Å². The molecule has 1 aromatic heterocycles. The molecule has 1 N–H and O–H groups in total. The van der Waals surface area contributed by atoms with Crippen molar-refractivity contribution in [3.05, 3.63) is 53.7 Å². The summed E-state index contributed by atoms with van der Waals surface area (Å²) < 4.78 is 13.8. The third kappa shape index (κ3) is 3.16. The minimum absolute atomic E-state index is 0.367. The first kappa shape index (κ1) is 17.6. The van der Waals surface area contributed by atoms with Crippen LogP contribution in [0.25, 0.3) is 22.0 Å². The van der Waals surface area contributed by atoms with E-state index in [-0.39, 0.29) is 0 Å². The summed E-state index contributed by atoms with van der Waals surface area (Å²) in [7, 11) is 3.57. The van der Waals surface area contributed by atoms with E-state index < -0.39 is 11.4 Å². The molecular weight excluding hydrogens is 330 g/mol. The van der Waals surface area contributed by atoms with Gasteiger partial charge < -0.3 is 9.54 Å². The van der Waals surface area contributed by atoms with Crippen molar-refractivity contribution in [2.24, 2.45) is 0 Å². The predicted molar refractivity (Wildman–Crippen MR) is 103 cm³/mol. The summed E-state index contributed by atoms with van der Waals surface area (Å²) >= 11 is -1.17. The zero-order valence-electron chi connectivity index (χ0n) is 14.8. The normalized spacial score (nSPS) is 12.7. The summed E-state index contributed by atoms with van der Waals surface area (Å²) in [5.74, 6) is 0.367. The minimum atomic E-state index is -1.17. The van der Waals surface area contributed by atoms with Gasteiger partial charge in [-0.25, -0.2) is 0 Å². The molecule has 0 aliphatic carbocycles. The predicted octanol–water partition coefficient (Wildman–Crippen LogP) is 4.41. The fourth-order valence-corrected chi connectivity index (χ4v) is 3.84. The molecule has 0 radical (unpaired) electrons. The van der Waals surface area contributed by atoms with E-state index in [9.17, 15) is 9.81 Å². The van der Waals surface area contributed by atoms with Gasteiger partial charge in [-0.15, -0.1) is 4.31 Å². The van der Waals surface area contributed by atoms with Crippen molar-refractivity contribution in [1.29, 1.82) is 5.26 Å².